The molecule has 8 nitrogen and oxygen atoms in total. The molecular formula is C28H35N3O5. The second kappa shape index (κ2) is 9.16. The second-order valence-corrected chi connectivity index (χ2v) is 10.6. The van der Waals surface area contributed by atoms with Crippen molar-refractivity contribution in [3.8, 4) is 0 Å². The van der Waals surface area contributed by atoms with Crippen LogP contribution in [0.5, 0.6) is 0 Å². The molecule has 0 aliphatic carbocycles. The molecule has 2 saturated heterocycles. The molecule has 1 spiro atoms. The van der Waals surface area contributed by atoms with Crippen molar-refractivity contribution in [3.63, 3.8) is 0 Å². The van der Waals surface area contributed by atoms with Crippen LogP contribution >= 0.6 is 0 Å². The maximum atomic E-state index is 14.2. The number of carbonyl (C=O) groups is 3. The van der Waals surface area contributed by atoms with E-state index in [9.17, 15) is 19.5 Å². The van der Waals surface area contributed by atoms with Crippen LogP contribution in [-0.2, 0) is 25.7 Å². The van der Waals surface area contributed by atoms with Crippen LogP contribution in [0.3, 0.4) is 0 Å². The highest BCUT2D eigenvalue weighted by molar-refractivity contribution is 6.00. The number of hydrogen-bond donors (Lipinski definition) is 1. The monoisotopic (exact) mass is 493 g/mol. The first kappa shape index (κ1) is 24.7. The minimum atomic E-state index is -1.29. The van der Waals surface area contributed by atoms with Crippen LogP contribution in [0.1, 0.15) is 32.8 Å². The van der Waals surface area contributed by atoms with E-state index < -0.39 is 35.1 Å². The van der Waals surface area contributed by atoms with Crippen LogP contribution in [0.4, 0.5) is 0 Å². The van der Waals surface area contributed by atoms with E-state index >= 15 is 0 Å². The summed E-state index contributed by atoms with van der Waals surface area (Å²) < 4.78 is 6.78. The number of ether oxygens (including phenoxy) is 1. The number of carbonyl (C=O) groups excluding carboxylic acids is 3. The topological polar surface area (TPSA) is 90.4 Å². The Morgan fingerprint density at radius 2 is 1.69 bits per heavy atom. The fourth-order valence-corrected chi connectivity index (χ4v) is 6.54. The molecule has 4 aliphatic rings. The largest absolute Gasteiger partial charge is 0.394 e. The van der Waals surface area contributed by atoms with Gasteiger partial charge >= 0.3 is 0 Å². The first-order chi connectivity index (χ1) is 17.3. The first-order valence-corrected chi connectivity index (χ1v) is 12.9. The standard InChI is InChI=1S/C28H35N3O5/c1-4-14-29-15-8-12-27(3)21(24(29)33)22-25(34)31(19(2)18-32)23-26(35)30(16-9-13-28(22,23)36-27)17-20-10-6-5-7-11-20/h5-13,19,21-23,32H,4,14-18H2,1-3H3/t19-,21+,22+,23?,27-,28+/m1/s1. The molecule has 0 saturated carbocycles. The van der Waals surface area contributed by atoms with Crippen LogP contribution in [-0.4, -0.2) is 87.1 Å². The fraction of sp³-hybridized carbons (Fsp3) is 0.536. The lowest BCUT2D eigenvalue weighted by Gasteiger charge is -2.39. The minimum absolute atomic E-state index is 0.122. The highest BCUT2D eigenvalue weighted by Gasteiger charge is 2.75. The first-order valence-electron chi connectivity index (χ1n) is 12.9. The predicted octanol–water partition coefficient (Wildman–Crippen LogP) is 1.75. The summed E-state index contributed by atoms with van der Waals surface area (Å²) in [5, 5.41) is 10.1. The third-order valence-corrected chi connectivity index (χ3v) is 8.11. The minimum Gasteiger partial charge on any atom is -0.394 e. The molecule has 36 heavy (non-hydrogen) atoms. The second-order valence-electron chi connectivity index (χ2n) is 10.6. The van der Waals surface area contributed by atoms with Gasteiger partial charge in [0.2, 0.25) is 17.7 Å². The van der Waals surface area contributed by atoms with E-state index in [1.54, 1.807) is 16.7 Å². The Hall–Kier alpha value is -2.97. The quantitative estimate of drug-likeness (QED) is 0.610. The zero-order valence-corrected chi connectivity index (χ0v) is 21.2. The Bertz CT molecular complexity index is 1100. The van der Waals surface area contributed by atoms with Crippen molar-refractivity contribution >= 4 is 17.7 Å². The van der Waals surface area contributed by atoms with Gasteiger partial charge in [-0.1, -0.05) is 61.6 Å². The van der Waals surface area contributed by atoms with Crippen molar-refractivity contribution in [2.24, 2.45) is 11.8 Å². The van der Waals surface area contributed by atoms with E-state index in [1.165, 1.54) is 4.90 Å². The van der Waals surface area contributed by atoms with Gasteiger partial charge in [-0.05, 0) is 25.8 Å². The van der Waals surface area contributed by atoms with Gasteiger partial charge in [-0.3, -0.25) is 14.4 Å². The molecule has 0 aromatic heterocycles. The zero-order chi connectivity index (χ0) is 25.7. The van der Waals surface area contributed by atoms with E-state index in [0.717, 1.165) is 12.0 Å². The van der Waals surface area contributed by atoms with Gasteiger partial charge < -0.3 is 24.5 Å². The molecule has 0 bridgehead atoms. The highest BCUT2D eigenvalue weighted by atomic mass is 16.5. The third-order valence-electron chi connectivity index (χ3n) is 8.11. The summed E-state index contributed by atoms with van der Waals surface area (Å²) in [6, 6.07) is 8.15. The van der Waals surface area contributed by atoms with E-state index in [0.29, 0.717) is 26.2 Å². The predicted molar refractivity (Wildman–Crippen MR) is 133 cm³/mol. The van der Waals surface area contributed by atoms with Gasteiger partial charge in [-0.15, -0.1) is 0 Å². The van der Waals surface area contributed by atoms with Gasteiger partial charge in [0.15, 0.2) is 0 Å². The van der Waals surface area contributed by atoms with Crippen molar-refractivity contribution in [2.45, 2.75) is 57.0 Å². The lowest BCUT2D eigenvalue weighted by molar-refractivity contribution is -0.155. The van der Waals surface area contributed by atoms with Gasteiger partial charge in [0.05, 0.1) is 30.1 Å². The molecule has 3 amide bonds. The van der Waals surface area contributed by atoms with Crippen LogP contribution in [0.25, 0.3) is 0 Å². The van der Waals surface area contributed by atoms with Gasteiger partial charge in [-0.25, -0.2) is 0 Å². The van der Waals surface area contributed by atoms with Gasteiger partial charge in [0.1, 0.15) is 11.6 Å². The van der Waals surface area contributed by atoms with Crippen molar-refractivity contribution in [2.75, 3.05) is 26.2 Å². The van der Waals surface area contributed by atoms with E-state index in [-0.39, 0.29) is 24.3 Å². The lowest BCUT2D eigenvalue weighted by atomic mass is 9.74. The number of nitrogens with zero attached hydrogens (tertiary/aromatic N) is 3. The number of rotatable bonds is 6. The van der Waals surface area contributed by atoms with E-state index in [2.05, 4.69) is 0 Å². The van der Waals surface area contributed by atoms with Crippen molar-refractivity contribution in [3.05, 3.63) is 60.2 Å². The maximum Gasteiger partial charge on any atom is 0.249 e. The molecule has 5 rings (SSSR count). The van der Waals surface area contributed by atoms with Gasteiger partial charge in [-0.2, -0.15) is 0 Å². The summed E-state index contributed by atoms with van der Waals surface area (Å²) in [6.07, 6.45) is 8.37. The summed E-state index contributed by atoms with van der Waals surface area (Å²) in [5.74, 6) is -2.28. The molecular weight excluding hydrogens is 458 g/mol. The van der Waals surface area contributed by atoms with Gasteiger partial charge in [0, 0.05) is 26.2 Å². The summed E-state index contributed by atoms with van der Waals surface area (Å²) >= 11 is 0. The summed E-state index contributed by atoms with van der Waals surface area (Å²) in [6.45, 7) is 7.11. The van der Waals surface area contributed by atoms with Crippen molar-refractivity contribution < 1.29 is 24.2 Å². The average molecular weight is 494 g/mol. The van der Waals surface area contributed by atoms with Crippen molar-refractivity contribution in [1.29, 1.82) is 0 Å². The number of likely N-dealkylation sites (tertiary alicyclic amines) is 1. The average Bonchev–Trinajstić information content (AvgIpc) is 3.15. The molecule has 8 heteroatoms. The van der Waals surface area contributed by atoms with Crippen LogP contribution in [0.15, 0.2) is 54.6 Å². The SMILES string of the molecule is CCCN1CC=C[C@@]2(C)O[C@]34C=CCN(Cc5ccccc5)C(=O)C3N([C@H](C)CO)C(=O)[C@@H]4[C@H]2C1=O. The zero-order valence-electron chi connectivity index (χ0n) is 21.2. The Morgan fingerprint density at radius 3 is 2.39 bits per heavy atom. The molecule has 0 radical (unpaired) electrons. The van der Waals surface area contributed by atoms with E-state index in [1.807, 2.05) is 68.5 Å². The Morgan fingerprint density at radius 1 is 1.00 bits per heavy atom. The molecule has 4 aliphatic heterocycles. The smallest absolute Gasteiger partial charge is 0.249 e. The highest BCUT2D eigenvalue weighted by Crippen LogP contribution is 2.57. The normalized spacial score (nSPS) is 34.4. The van der Waals surface area contributed by atoms with Crippen molar-refractivity contribution in [1.82, 2.24) is 14.7 Å². The number of benzene rings is 1. The number of aliphatic hydroxyl groups excluding tert-OH is 1. The fourth-order valence-electron chi connectivity index (χ4n) is 6.54. The molecule has 1 aromatic carbocycles. The summed E-state index contributed by atoms with van der Waals surface area (Å²) in [5.41, 5.74) is -1.33. The maximum absolute atomic E-state index is 14.2. The molecule has 6 atom stereocenters. The number of aliphatic hydroxyl groups is 1. The molecule has 1 unspecified atom stereocenters. The van der Waals surface area contributed by atoms with Crippen LogP contribution in [0.2, 0.25) is 0 Å². The molecule has 1 N–H and O–H groups in total. The molecule has 192 valence electrons. The number of hydrogen-bond acceptors (Lipinski definition) is 5. The van der Waals surface area contributed by atoms with Crippen LogP contribution < -0.4 is 0 Å². The van der Waals surface area contributed by atoms with Gasteiger partial charge in [0.25, 0.3) is 0 Å². The lowest BCUT2D eigenvalue weighted by Crippen LogP contribution is -2.58. The molecule has 2 fully saturated rings. The Balaban J connectivity index is 1.60. The summed E-state index contributed by atoms with van der Waals surface area (Å²) in [7, 11) is 0. The molecule has 4 heterocycles. The Kier molecular flexibility index (Phi) is 6.29. The van der Waals surface area contributed by atoms with E-state index in [4.69, 9.17) is 4.74 Å². The molecule has 1 aromatic rings. The third kappa shape index (κ3) is 3.61. The Labute approximate surface area is 212 Å². The summed E-state index contributed by atoms with van der Waals surface area (Å²) in [4.78, 5) is 47.2. The number of amides is 3. The number of fused-ring (bicyclic) bond motifs is 2. The van der Waals surface area contributed by atoms with Crippen LogP contribution in [0, 0.1) is 11.8 Å².